The average molecular weight is 258 g/mol. The second-order valence-corrected chi connectivity index (χ2v) is 5.62. The number of amides is 1. The van der Waals surface area contributed by atoms with Crippen LogP contribution in [-0.2, 0) is 9.53 Å². The van der Waals surface area contributed by atoms with Gasteiger partial charge in [0.25, 0.3) is 0 Å². The lowest BCUT2D eigenvalue weighted by Crippen LogP contribution is -2.55. The number of hydrogen-bond acceptors (Lipinski definition) is 3. The number of carbonyl (C=O) groups is 1. The normalized spacial score (nSPS) is 18.3. The van der Waals surface area contributed by atoms with Crippen LogP contribution in [0.2, 0.25) is 0 Å². The summed E-state index contributed by atoms with van der Waals surface area (Å²) in [7, 11) is 0. The minimum absolute atomic E-state index is 0.0518. The second kappa shape index (κ2) is 5.31. The van der Waals surface area contributed by atoms with Gasteiger partial charge in [-0.15, -0.1) is 0 Å². The van der Waals surface area contributed by atoms with Crippen LogP contribution < -0.4 is 11.1 Å². The summed E-state index contributed by atoms with van der Waals surface area (Å²) in [5.41, 5.74) is 4.72. The first-order chi connectivity index (χ1) is 7.84. The van der Waals surface area contributed by atoms with E-state index in [9.17, 15) is 4.79 Å². The summed E-state index contributed by atoms with van der Waals surface area (Å²) < 4.78 is 5.53. The van der Waals surface area contributed by atoms with Crippen molar-refractivity contribution >= 4 is 23.1 Å². The first kappa shape index (κ1) is 14.4. The van der Waals surface area contributed by atoms with Crippen LogP contribution in [0.5, 0.6) is 0 Å². The van der Waals surface area contributed by atoms with E-state index < -0.39 is 5.41 Å². The van der Waals surface area contributed by atoms with Crippen molar-refractivity contribution in [3.05, 3.63) is 0 Å². The van der Waals surface area contributed by atoms with Crippen molar-refractivity contribution in [2.24, 2.45) is 11.1 Å². The fourth-order valence-corrected chi connectivity index (χ4v) is 2.32. The van der Waals surface area contributed by atoms with Crippen molar-refractivity contribution in [1.29, 1.82) is 0 Å². The molecular weight excluding hydrogens is 236 g/mol. The number of nitrogens with two attached hydrogens (primary N) is 1. The lowest BCUT2D eigenvalue weighted by molar-refractivity contribution is -0.132. The minimum Gasteiger partial charge on any atom is -0.392 e. The van der Waals surface area contributed by atoms with Crippen LogP contribution in [-0.4, -0.2) is 29.6 Å². The maximum absolute atomic E-state index is 12.1. The Labute approximate surface area is 108 Å². The van der Waals surface area contributed by atoms with Crippen LogP contribution in [0.4, 0.5) is 0 Å². The van der Waals surface area contributed by atoms with Gasteiger partial charge in [0.15, 0.2) is 0 Å². The number of rotatable bonds is 6. The quantitative estimate of drug-likeness (QED) is 0.706. The van der Waals surface area contributed by atoms with Gasteiger partial charge >= 0.3 is 0 Å². The predicted octanol–water partition coefficient (Wildman–Crippen LogP) is 1.37. The highest BCUT2D eigenvalue weighted by molar-refractivity contribution is 7.80. The first-order valence-electron chi connectivity index (χ1n) is 6.06. The third-order valence-corrected chi connectivity index (χ3v) is 3.71. The number of nitrogens with one attached hydrogen (secondary N) is 1. The van der Waals surface area contributed by atoms with Crippen LogP contribution >= 0.6 is 12.2 Å². The van der Waals surface area contributed by atoms with Crippen molar-refractivity contribution in [3.63, 3.8) is 0 Å². The molecule has 3 N–H and O–H groups in total. The molecule has 17 heavy (non-hydrogen) atoms. The van der Waals surface area contributed by atoms with Crippen LogP contribution in [0.1, 0.15) is 40.0 Å². The van der Waals surface area contributed by atoms with E-state index in [1.807, 2.05) is 20.8 Å². The van der Waals surface area contributed by atoms with Crippen LogP contribution in [0.25, 0.3) is 0 Å². The van der Waals surface area contributed by atoms with Gasteiger partial charge in [0.05, 0.1) is 16.0 Å². The molecule has 1 rings (SSSR count). The smallest absolute Gasteiger partial charge is 0.233 e. The lowest BCUT2D eigenvalue weighted by Gasteiger charge is -2.39. The van der Waals surface area contributed by atoms with Gasteiger partial charge in [-0.3, -0.25) is 4.79 Å². The molecule has 1 aliphatic rings. The van der Waals surface area contributed by atoms with Crippen LogP contribution in [0, 0.1) is 5.41 Å². The molecule has 0 aromatic heterocycles. The first-order valence-corrected chi connectivity index (χ1v) is 6.47. The summed E-state index contributed by atoms with van der Waals surface area (Å²) in [6.45, 7) is 6.94. The van der Waals surface area contributed by atoms with E-state index in [1.165, 1.54) is 0 Å². The third-order valence-electron chi connectivity index (χ3n) is 3.32. The highest BCUT2D eigenvalue weighted by atomic mass is 32.1. The molecule has 1 amide bonds. The zero-order chi connectivity index (χ0) is 13.1. The van der Waals surface area contributed by atoms with Gasteiger partial charge < -0.3 is 15.8 Å². The van der Waals surface area contributed by atoms with Crippen molar-refractivity contribution < 1.29 is 9.53 Å². The highest BCUT2D eigenvalue weighted by Gasteiger charge is 2.47. The average Bonchev–Trinajstić information content (AvgIpc) is 2.12. The molecule has 0 bridgehead atoms. The van der Waals surface area contributed by atoms with Crippen LogP contribution in [0.3, 0.4) is 0 Å². The van der Waals surface area contributed by atoms with E-state index in [2.05, 4.69) is 5.32 Å². The molecule has 0 heterocycles. The van der Waals surface area contributed by atoms with Crippen molar-refractivity contribution in [2.45, 2.75) is 45.6 Å². The van der Waals surface area contributed by atoms with Gasteiger partial charge in [-0.05, 0) is 33.6 Å². The van der Waals surface area contributed by atoms with Gasteiger partial charge in [0, 0.05) is 13.2 Å². The fraction of sp³-hybridized carbons (Fsp3) is 0.833. The largest absolute Gasteiger partial charge is 0.392 e. The molecule has 1 fully saturated rings. The zero-order valence-electron chi connectivity index (χ0n) is 10.8. The molecule has 0 aliphatic heterocycles. The molecule has 0 aromatic rings. The Kier molecular flexibility index (Phi) is 4.49. The molecule has 0 unspecified atom stereocenters. The summed E-state index contributed by atoms with van der Waals surface area (Å²) >= 11 is 5.00. The maximum Gasteiger partial charge on any atom is 0.233 e. The predicted molar refractivity (Wildman–Crippen MR) is 71.8 cm³/mol. The minimum atomic E-state index is -0.600. The third kappa shape index (κ3) is 3.16. The van der Waals surface area contributed by atoms with E-state index in [4.69, 9.17) is 22.7 Å². The molecule has 0 spiro atoms. The van der Waals surface area contributed by atoms with Gasteiger partial charge in [0.2, 0.25) is 5.91 Å². The number of hydrogen-bond donors (Lipinski definition) is 2. The van der Waals surface area contributed by atoms with E-state index in [0.29, 0.717) is 18.1 Å². The summed E-state index contributed by atoms with van der Waals surface area (Å²) in [6, 6.07) is 0. The maximum atomic E-state index is 12.1. The Balaban J connectivity index is 2.52. The molecule has 5 heteroatoms. The standard InChI is InChI=1S/C12H22N2O2S/c1-4-16-11(2,3)8-14-10(15)12(9(13)17)6-5-7-12/h4-8H2,1-3H3,(H2,13,17)(H,14,15). The van der Waals surface area contributed by atoms with Gasteiger partial charge in [-0.25, -0.2) is 0 Å². The molecule has 4 nitrogen and oxygen atoms in total. The molecule has 0 atom stereocenters. The van der Waals surface area contributed by atoms with Crippen LogP contribution in [0.15, 0.2) is 0 Å². The van der Waals surface area contributed by atoms with E-state index in [1.54, 1.807) is 0 Å². The van der Waals surface area contributed by atoms with Crippen molar-refractivity contribution in [3.8, 4) is 0 Å². The number of ether oxygens (including phenoxy) is 1. The second-order valence-electron chi connectivity index (χ2n) is 5.18. The Bertz CT molecular complexity index is 312. The highest BCUT2D eigenvalue weighted by Crippen LogP contribution is 2.41. The van der Waals surface area contributed by atoms with Gasteiger partial charge in [-0.2, -0.15) is 0 Å². The molecule has 98 valence electrons. The molecule has 1 saturated carbocycles. The molecule has 0 saturated heterocycles. The molecular formula is C12H22N2O2S. The summed E-state index contributed by atoms with van der Waals surface area (Å²) in [4.78, 5) is 12.4. The number of carbonyl (C=O) groups excluding carboxylic acids is 1. The van der Waals surface area contributed by atoms with Gasteiger partial charge in [-0.1, -0.05) is 18.6 Å². The Morgan fingerprint density at radius 3 is 2.47 bits per heavy atom. The van der Waals surface area contributed by atoms with E-state index in [0.717, 1.165) is 19.3 Å². The van der Waals surface area contributed by atoms with Crippen molar-refractivity contribution in [2.75, 3.05) is 13.2 Å². The molecule has 0 radical (unpaired) electrons. The monoisotopic (exact) mass is 258 g/mol. The molecule has 1 aliphatic carbocycles. The number of thiocarbonyl (C=S) groups is 1. The topological polar surface area (TPSA) is 64.3 Å². The zero-order valence-corrected chi connectivity index (χ0v) is 11.7. The lowest BCUT2D eigenvalue weighted by atomic mass is 9.68. The summed E-state index contributed by atoms with van der Waals surface area (Å²) in [6.07, 6.45) is 2.55. The fourth-order valence-electron chi connectivity index (χ4n) is 2.02. The van der Waals surface area contributed by atoms with Gasteiger partial charge in [0.1, 0.15) is 0 Å². The summed E-state index contributed by atoms with van der Waals surface area (Å²) in [5.74, 6) is -0.0518. The van der Waals surface area contributed by atoms with Crippen molar-refractivity contribution in [1.82, 2.24) is 5.32 Å². The Hall–Kier alpha value is -0.680. The van der Waals surface area contributed by atoms with E-state index >= 15 is 0 Å². The Morgan fingerprint density at radius 2 is 2.12 bits per heavy atom. The van der Waals surface area contributed by atoms with E-state index in [-0.39, 0.29) is 11.5 Å². The summed E-state index contributed by atoms with van der Waals surface area (Å²) in [5, 5.41) is 2.90. The SMILES string of the molecule is CCOC(C)(C)CNC(=O)C1(C(N)=S)CCC1. The Morgan fingerprint density at radius 1 is 1.53 bits per heavy atom. The molecule has 0 aromatic carbocycles.